The van der Waals surface area contributed by atoms with Crippen molar-refractivity contribution in [3.05, 3.63) is 174 Å². The summed E-state index contributed by atoms with van der Waals surface area (Å²) in [5.74, 6) is 1.67. The Morgan fingerprint density at radius 2 is 1.43 bits per heavy atom. The molecule has 0 bridgehead atoms. The van der Waals surface area contributed by atoms with Gasteiger partial charge in [0.05, 0.1) is 39.3 Å². The number of furan rings is 2. The predicted molar refractivity (Wildman–Crippen MR) is 234 cm³/mol. The molecule has 0 aliphatic carbocycles. The van der Waals surface area contributed by atoms with Crippen LogP contribution in [0.15, 0.2) is 148 Å². The van der Waals surface area contributed by atoms with Crippen molar-refractivity contribution in [2.45, 2.75) is 52.6 Å². The summed E-state index contributed by atoms with van der Waals surface area (Å²) in [5, 5.41) is 1.84. The number of benzene rings is 6. The summed E-state index contributed by atoms with van der Waals surface area (Å²) >= 11 is 0. The van der Waals surface area contributed by atoms with E-state index in [9.17, 15) is 13.2 Å². The minimum Gasteiger partial charge on any atom is -0.499 e. The molecule has 0 aliphatic rings. The Bertz CT molecular complexity index is 3090. The molecule has 10 rings (SSSR count). The van der Waals surface area contributed by atoms with Crippen LogP contribution in [-0.2, 0) is 26.3 Å². The van der Waals surface area contributed by atoms with E-state index in [-0.39, 0.29) is 37.5 Å². The van der Waals surface area contributed by atoms with Gasteiger partial charge in [0, 0.05) is 48.3 Å². The first kappa shape index (κ1) is 41.5. The number of aromatic nitrogens is 3. The van der Waals surface area contributed by atoms with Crippen LogP contribution < -0.4 is 0 Å². The van der Waals surface area contributed by atoms with Crippen LogP contribution in [-0.4, -0.2) is 14.5 Å². The predicted octanol–water partition coefficient (Wildman–Crippen LogP) is 14.9. The second-order valence-electron chi connectivity index (χ2n) is 15.5. The summed E-state index contributed by atoms with van der Waals surface area (Å²) in [7, 11) is 0. The minimum absolute atomic E-state index is 0. The molecule has 0 aliphatic heterocycles. The van der Waals surface area contributed by atoms with Crippen LogP contribution in [0.4, 0.5) is 13.2 Å². The first-order valence-corrected chi connectivity index (χ1v) is 20.0. The molecule has 0 atom stereocenters. The van der Waals surface area contributed by atoms with Gasteiger partial charge in [0.1, 0.15) is 5.58 Å². The maximum atomic E-state index is 13.9. The molecule has 9 heteroatoms. The number of pyridine rings is 1. The van der Waals surface area contributed by atoms with Crippen molar-refractivity contribution in [3.8, 4) is 39.7 Å². The number of fused-ring (bicyclic) bond motifs is 6. The maximum Gasteiger partial charge on any atom is 0.416 e. The van der Waals surface area contributed by atoms with E-state index in [1.165, 1.54) is 6.07 Å². The molecule has 0 fully saturated rings. The molecule has 0 saturated carbocycles. The Balaban J connectivity index is 0.000000340. The van der Waals surface area contributed by atoms with Crippen LogP contribution in [0.25, 0.3) is 83.6 Å². The van der Waals surface area contributed by atoms with Crippen molar-refractivity contribution in [1.29, 1.82) is 0 Å². The first-order chi connectivity index (χ1) is 29.0. The molecule has 10 aromatic rings. The molecule has 6 aromatic carbocycles. The smallest absolute Gasteiger partial charge is 0.416 e. The largest absolute Gasteiger partial charge is 0.499 e. The van der Waals surface area contributed by atoms with Crippen LogP contribution in [0.5, 0.6) is 0 Å². The van der Waals surface area contributed by atoms with Gasteiger partial charge in [0.25, 0.3) is 0 Å². The van der Waals surface area contributed by atoms with Crippen LogP contribution in [0, 0.1) is 19.1 Å². The number of nitrogens with zero attached hydrogens (tertiary/aromatic N) is 3. The van der Waals surface area contributed by atoms with E-state index in [4.69, 9.17) is 13.8 Å². The topological polar surface area (TPSA) is 57.0 Å². The van der Waals surface area contributed by atoms with Gasteiger partial charge in [-0.15, -0.1) is 42.0 Å². The van der Waals surface area contributed by atoms with Crippen molar-refractivity contribution >= 4 is 43.9 Å². The van der Waals surface area contributed by atoms with Crippen LogP contribution >= 0.6 is 0 Å². The van der Waals surface area contributed by atoms with Gasteiger partial charge in [-0.2, -0.15) is 13.2 Å². The molecule has 0 amide bonds. The zero-order chi connectivity index (χ0) is 41.7. The van der Waals surface area contributed by atoms with E-state index in [1.54, 1.807) is 6.20 Å². The number of alkyl halides is 3. The van der Waals surface area contributed by atoms with E-state index in [1.807, 2.05) is 104 Å². The zero-order valence-electron chi connectivity index (χ0n) is 34.1. The summed E-state index contributed by atoms with van der Waals surface area (Å²) in [5.41, 5.74) is 9.59. The number of para-hydroxylation sites is 3. The minimum atomic E-state index is -4.53. The number of halogens is 3. The van der Waals surface area contributed by atoms with E-state index >= 15 is 0 Å². The van der Waals surface area contributed by atoms with Gasteiger partial charge in [-0.25, -0.2) is 0 Å². The first-order valence-electron chi connectivity index (χ1n) is 20.0. The molecule has 0 N–H and O–H groups in total. The molecule has 0 spiro atoms. The van der Waals surface area contributed by atoms with Gasteiger partial charge >= 0.3 is 6.18 Å². The van der Waals surface area contributed by atoms with Gasteiger partial charge in [-0.3, -0.25) is 4.98 Å². The molecule has 4 aromatic heterocycles. The molecule has 5 nitrogen and oxygen atoms in total. The molecule has 61 heavy (non-hydrogen) atoms. The van der Waals surface area contributed by atoms with E-state index in [2.05, 4.69) is 67.6 Å². The Hall–Kier alpha value is -6.28. The molecular weight excluding hydrogens is 948 g/mol. The second kappa shape index (κ2) is 16.6. The van der Waals surface area contributed by atoms with Gasteiger partial charge in [-0.05, 0) is 64.6 Å². The standard InChI is InChI=1S/C41H32F3N2O2.C11H8N.Ir/c1-22(2)27-14-11-15-28(23(3)4)36(27)46-33-17-10-9-16-32(33)45-40(46)31-21-30-24(5)37(25-12-7-6-8-13-25)48-38(30)35-29-19-18-26(41(42,43)44)20-34(29)47-39(31)35;1-2-6-10(7-3-1)11-8-4-5-9-12-11;/h6-20,22-23H,1-5H3;1-6,8-9H;/q2*-1;. The molecular formula is C52H40F3IrN3O2-2. The van der Waals surface area contributed by atoms with E-state index in [0.29, 0.717) is 39.1 Å². The summed E-state index contributed by atoms with van der Waals surface area (Å²) in [6, 6.07) is 48.2. The average molecular weight is 988 g/mol. The Kier molecular flexibility index (Phi) is 11.3. The summed E-state index contributed by atoms with van der Waals surface area (Å²) in [6.45, 7) is 10.7. The van der Waals surface area contributed by atoms with Crippen molar-refractivity contribution in [3.63, 3.8) is 0 Å². The Labute approximate surface area is 365 Å². The summed E-state index contributed by atoms with van der Waals surface area (Å²) in [6.07, 6.45) is -2.74. The number of aryl methyl sites for hydroxylation is 1. The number of hydrogen-bond donors (Lipinski definition) is 0. The van der Waals surface area contributed by atoms with Crippen LogP contribution in [0.3, 0.4) is 0 Å². The van der Waals surface area contributed by atoms with Gasteiger partial charge < -0.3 is 18.4 Å². The fraction of sp³-hybridized carbons (Fsp3) is 0.154. The van der Waals surface area contributed by atoms with Crippen molar-refractivity contribution in [1.82, 2.24) is 14.5 Å². The molecule has 307 valence electrons. The van der Waals surface area contributed by atoms with E-state index < -0.39 is 11.7 Å². The third kappa shape index (κ3) is 7.58. The third-order valence-electron chi connectivity index (χ3n) is 10.9. The summed E-state index contributed by atoms with van der Waals surface area (Å²) < 4.78 is 56.9. The number of rotatable bonds is 6. The Morgan fingerprint density at radius 3 is 2.10 bits per heavy atom. The Morgan fingerprint density at radius 1 is 0.721 bits per heavy atom. The van der Waals surface area contributed by atoms with E-state index in [0.717, 1.165) is 67.8 Å². The molecule has 0 unspecified atom stereocenters. The maximum absolute atomic E-state index is 13.9. The monoisotopic (exact) mass is 988 g/mol. The van der Waals surface area contributed by atoms with Crippen molar-refractivity contribution < 1.29 is 42.1 Å². The fourth-order valence-corrected chi connectivity index (χ4v) is 7.98. The quantitative estimate of drug-likeness (QED) is 0.156. The van der Waals surface area contributed by atoms with Gasteiger partial charge in [0.15, 0.2) is 0 Å². The number of hydrogen-bond acceptors (Lipinski definition) is 4. The van der Waals surface area contributed by atoms with Crippen LogP contribution in [0.2, 0.25) is 0 Å². The summed E-state index contributed by atoms with van der Waals surface area (Å²) in [4.78, 5) is 9.42. The van der Waals surface area contributed by atoms with Gasteiger partial charge in [-0.1, -0.05) is 124 Å². The SMILES string of the molecule is Cc1c(-c2ccccc2)oc2c1[c-]c(-c1nc3ccccc3n1-c1c(C(C)C)cccc1C(C)C)c1oc3cc(C(F)(F)F)ccc3c12.[Ir].[c-]1ccccc1-c1ccccn1. The normalized spacial score (nSPS) is 11.8. The average Bonchev–Trinajstić information content (AvgIpc) is 3.94. The van der Waals surface area contributed by atoms with Crippen molar-refractivity contribution in [2.24, 2.45) is 0 Å². The third-order valence-corrected chi connectivity index (χ3v) is 10.9. The van der Waals surface area contributed by atoms with Crippen molar-refractivity contribution in [2.75, 3.05) is 0 Å². The molecule has 4 heterocycles. The number of imidazole rings is 1. The zero-order valence-corrected chi connectivity index (χ0v) is 36.5. The fourth-order valence-electron chi connectivity index (χ4n) is 7.98. The molecule has 1 radical (unpaired) electrons. The second-order valence-corrected chi connectivity index (χ2v) is 15.5. The molecule has 0 saturated heterocycles. The van der Waals surface area contributed by atoms with Gasteiger partial charge in [0.2, 0.25) is 0 Å². The van der Waals surface area contributed by atoms with Crippen LogP contribution in [0.1, 0.15) is 61.8 Å².